The smallest absolute Gasteiger partial charge is 0.111 e. The topological polar surface area (TPSA) is 29.8 Å². The van der Waals surface area contributed by atoms with Crippen LogP contribution in [-0.4, -0.2) is 6.54 Å². The van der Waals surface area contributed by atoms with Crippen LogP contribution < -0.4 is 5.32 Å². The third-order valence-corrected chi connectivity index (χ3v) is 4.71. The Hall–Kier alpha value is -2.03. The van der Waals surface area contributed by atoms with Gasteiger partial charge in [0.15, 0.2) is 0 Å². The molecule has 0 amide bonds. The van der Waals surface area contributed by atoms with Gasteiger partial charge in [0, 0.05) is 22.9 Å². The third kappa shape index (κ3) is 4.28. The number of hydrogen-bond donors (Lipinski definition) is 1. The zero-order valence-electron chi connectivity index (χ0n) is 13.9. The molecular weight excluding hydrogens is 318 g/mol. The van der Waals surface area contributed by atoms with Crippen LogP contribution in [0, 0.1) is 0 Å². The molecule has 0 saturated heterocycles. The Morgan fingerprint density at radius 3 is 2.33 bits per heavy atom. The maximum absolute atomic E-state index is 5.97. The van der Waals surface area contributed by atoms with E-state index in [1.165, 1.54) is 11.1 Å². The van der Waals surface area contributed by atoms with Gasteiger partial charge < -0.3 is 9.73 Å². The molecule has 2 N–H and O–H groups in total. The molecule has 0 spiro atoms. The van der Waals surface area contributed by atoms with Gasteiger partial charge in [-0.3, -0.25) is 0 Å². The van der Waals surface area contributed by atoms with Crippen molar-refractivity contribution in [3.8, 4) is 0 Å². The number of rotatable bonds is 7. The molecule has 0 aliphatic rings. The Bertz CT molecular complexity index is 722. The SMILES string of the molecule is C[C@@H]([NH2+]CC[C@H](c1ccccc1)c1ccco1)c1ccc(Cl)cc1. The van der Waals surface area contributed by atoms with Crippen LogP contribution >= 0.6 is 11.6 Å². The second-order valence-corrected chi connectivity index (χ2v) is 6.57. The Morgan fingerprint density at radius 2 is 1.67 bits per heavy atom. The number of nitrogens with two attached hydrogens (primary N) is 1. The molecule has 1 heterocycles. The van der Waals surface area contributed by atoms with Gasteiger partial charge in [-0.2, -0.15) is 0 Å². The average molecular weight is 341 g/mol. The van der Waals surface area contributed by atoms with Gasteiger partial charge in [0.25, 0.3) is 0 Å². The first-order valence-electron chi connectivity index (χ1n) is 8.41. The average Bonchev–Trinajstić information content (AvgIpc) is 3.14. The second kappa shape index (κ2) is 8.18. The minimum atomic E-state index is 0.301. The number of hydrogen-bond acceptors (Lipinski definition) is 1. The molecule has 0 fully saturated rings. The van der Waals surface area contributed by atoms with Gasteiger partial charge in [-0.15, -0.1) is 0 Å². The van der Waals surface area contributed by atoms with Crippen molar-refractivity contribution in [1.82, 2.24) is 0 Å². The first kappa shape index (κ1) is 16.8. The van der Waals surface area contributed by atoms with Crippen molar-refractivity contribution >= 4 is 11.6 Å². The molecule has 0 bridgehead atoms. The molecule has 3 aromatic rings. The second-order valence-electron chi connectivity index (χ2n) is 6.13. The van der Waals surface area contributed by atoms with E-state index in [1.807, 2.05) is 18.2 Å². The minimum Gasteiger partial charge on any atom is -0.469 e. The van der Waals surface area contributed by atoms with E-state index in [0.29, 0.717) is 12.0 Å². The lowest BCUT2D eigenvalue weighted by Crippen LogP contribution is -2.84. The van der Waals surface area contributed by atoms with E-state index in [2.05, 4.69) is 60.8 Å². The van der Waals surface area contributed by atoms with Gasteiger partial charge in [-0.1, -0.05) is 54.1 Å². The summed E-state index contributed by atoms with van der Waals surface area (Å²) in [6.45, 7) is 3.26. The maximum atomic E-state index is 5.97. The van der Waals surface area contributed by atoms with Crippen LogP contribution in [0.15, 0.2) is 77.4 Å². The van der Waals surface area contributed by atoms with Crippen molar-refractivity contribution in [2.45, 2.75) is 25.3 Å². The summed E-state index contributed by atoms with van der Waals surface area (Å²) in [5.41, 5.74) is 2.61. The van der Waals surface area contributed by atoms with E-state index < -0.39 is 0 Å². The highest BCUT2D eigenvalue weighted by molar-refractivity contribution is 6.30. The number of benzene rings is 2. The van der Waals surface area contributed by atoms with E-state index in [-0.39, 0.29) is 0 Å². The van der Waals surface area contributed by atoms with E-state index in [4.69, 9.17) is 16.0 Å². The van der Waals surface area contributed by atoms with Crippen LogP contribution in [0.5, 0.6) is 0 Å². The number of quaternary nitrogens is 1. The first-order chi connectivity index (χ1) is 11.7. The van der Waals surface area contributed by atoms with Gasteiger partial charge in [0.2, 0.25) is 0 Å². The molecule has 0 unspecified atom stereocenters. The molecular formula is C21H23ClNO+. The highest BCUT2D eigenvalue weighted by Crippen LogP contribution is 2.27. The summed E-state index contributed by atoms with van der Waals surface area (Å²) in [6, 6.07) is 23.1. The fraction of sp³-hybridized carbons (Fsp3) is 0.238. The van der Waals surface area contributed by atoms with E-state index >= 15 is 0 Å². The van der Waals surface area contributed by atoms with Crippen molar-refractivity contribution in [3.63, 3.8) is 0 Å². The number of furan rings is 1. The summed E-state index contributed by atoms with van der Waals surface area (Å²) >= 11 is 5.97. The van der Waals surface area contributed by atoms with Crippen molar-refractivity contribution in [1.29, 1.82) is 0 Å². The van der Waals surface area contributed by atoms with E-state index in [0.717, 1.165) is 23.7 Å². The summed E-state index contributed by atoms with van der Waals surface area (Å²) in [6.07, 6.45) is 2.79. The molecule has 24 heavy (non-hydrogen) atoms. The molecule has 0 aliphatic heterocycles. The highest BCUT2D eigenvalue weighted by Gasteiger charge is 2.18. The first-order valence-corrected chi connectivity index (χ1v) is 8.79. The molecule has 0 saturated carbocycles. The van der Waals surface area contributed by atoms with Crippen molar-refractivity contribution < 1.29 is 9.73 Å². The van der Waals surface area contributed by atoms with Crippen LogP contribution in [0.2, 0.25) is 5.02 Å². The van der Waals surface area contributed by atoms with Gasteiger partial charge in [0.05, 0.1) is 12.8 Å². The van der Waals surface area contributed by atoms with Crippen LogP contribution in [0.4, 0.5) is 0 Å². The Kier molecular flexibility index (Phi) is 5.73. The zero-order valence-corrected chi connectivity index (χ0v) is 14.6. The number of halogens is 1. The Morgan fingerprint density at radius 1 is 0.917 bits per heavy atom. The summed E-state index contributed by atoms with van der Waals surface area (Å²) in [4.78, 5) is 0. The predicted octanol–water partition coefficient (Wildman–Crippen LogP) is 4.78. The van der Waals surface area contributed by atoms with Crippen molar-refractivity contribution in [2.75, 3.05) is 6.54 Å². The predicted molar refractivity (Wildman–Crippen MR) is 98.3 cm³/mol. The highest BCUT2D eigenvalue weighted by atomic mass is 35.5. The van der Waals surface area contributed by atoms with Crippen LogP contribution in [0.1, 0.15) is 42.2 Å². The maximum Gasteiger partial charge on any atom is 0.111 e. The standard InChI is InChI=1S/C21H22ClNO/c1-16(17-9-11-19(22)12-10-17)23-14-13-20(21-8-5-15-24-21)18-6-3-2-4-7-18/h2-12,15-16,20,23H,13-14H2,1H3/p+1/t16-,20-/m1/s1. The fourth-order valence-corrected chi connectivity index (χ4v) is 3.19. The Balaban J connectivity index is 1.63. The molecule has 124 valence electrons. The quantitative estimate of drug-likeness (QED) is 0.659. The lowest BCUT2D eigenvalue weighted by molar-refractivity contribution is -0.693. The molecule has 3 heteroatoms. The molecule has 3 rings (SSSR count). The van der Waals surface area contributed by atoms with Crippen molar-refractivity contribution in [2.24, 2.45) is 0 Å². The van der Waals surface area contributed by atoms with Gasteiger partial charge in [-0.25, -0.2) is 0 Å². The van der Waals surface area contributed by atoms with Gasteiger partial charge in [0.1, 0.15) is 11.8 Å². The van der Waals surface area contributed by atoms with Crippen molar-refractivity contribution in [3.05, 3.63) is 94.9 Å². The monoisotopic (exact) mass is 340 g/mol. The molecule has 2 nitrogen and oxygen atoms in total. The van der Waals surface area contributed by atoms with Gasteiger partial charge >= 0.3 is 0 Å². The summed E-state index contributed by atoms with van der Waals surface area (Å²) in [5.74, 6) is 1.34. The largest absolute Gasteiger partial charge is 0.469 e. The molecule has 1 aromatic heterocycles. The summed E-state index contributed by atoms with van der Waals surface area (Å²) in [5, 5.41) is 3.16. The fourth-order valence-electron chi connectivity index (χ4n) is 3.06. The molecule has 0 radical (unpaired) electrons. The van der Waals surface area contributed by atoms with Crippen LogP contribution in [0.25, 0.3) is 0 Å². The van der Waals surface area contributed by atoms with Gasteiger partial charge in [-0.05, 0) is 36.8 Å². The summed E-state index contributed by atoms with van der Waals surface area (Å²) in [7, 11) is 0. The van der Waals surface area contributed by atoms with E-state index in [9.17, 15) is 0 Å². The lowest BCUT2D eigenvalue weighted by atomic mass is 9.93. The third-order valence-electron chi connectivity index (χ3n) is 4.46. The van der Waals surface area contributed by atoms with Crippen LogP contribution in [-0.2, 0) is 0 Å². The zero-order chi connectivity index (χ0) is 16.8. The summed E-state index contributed by atoms with van der Waals surface area (Å²) < 4.78 is 5.68. The molecule has 2 aromatic carbocycles. The minimum absolute atomic E-state index is 0.301. The van der Waals surface area contributed by atoms with E-state index in [1.54, 1.807) is 6.26 Å². The molecule has 0 aliphatic carbocycles. The Labute approximate surface area is 148 Å². The normalized spacial score (nSPS) is 13.6. The molecule has 2 atom stereocenters. The van der Waals surface area contributed by atoms with Crippen LogP contribution in [0.3, 0.4) is 0 Å². The lowest BCUT2D eigenvalue weighted by Gasteiger charge is -2.16.